The molecule has 1 aromatic rings. The maximum Gasteiger partial charge on any atom is 0.296 e. The van der Waals surface area contributed by atoms with Gasteiger partial charge in [0, 0.05) is 0 Å². The van der Waals surface area contributed by atoms with Crippen LogP contribution in [0.3, 0.4) is 0 Å². The molecule has 1 N–H and O–H groups in total. The molecule has 0 unspecified atom stereocenters. The molecule has 60 valence electrons. The van der Waals surface area contributed by atoms with Crippen LogP contribution in [-0.4, -0.2) is 17.1 Å². The number of aryl methyl sites for hydroxylation is 1. The summed E-state index contributed by atoms with van der Waals surface area (Å²) in [5, 5.41) is 0. The van der Waals surface area contributed by atoms with Crippen molar-refractivity contribution in [2.24, 2.45) is 0 Å². The van der Waals surface area contributed by atoms with E-state index in [-0.39, 0.29) is 11.6 Å². The lowest BCUT2D eigenvalue weighted by Crippen LogP contribution is -2.11. The number of ether oxygens (including phenoxy) is 1. The van der Waals surface area contributed by atoms with Crippen molar-refractivity contribution in [2.75, 3.05) is 7.11 Å². The van der Waals surface area contributed by atoms with Gasteiger partial charge < -0.3 is 4.74 Å². The molecule has 0 fully saturated rings. The van der Waals surface area contributed by atoms with Crippen molar-refractivity contribution < 1.29 is 4.74 Å². The van der Waals surface area contributed by atoms with Gasteiger partial charge in [-0.25, -0.2) is 4.98 Å². The van der Waals surface area contributed by atoms with Crippen molar-refractivity contribution in [1.29, 1.82) is 0 Å². The highest BCUT2D eigenvalue weighted by molar-refractivity contribution is 9.10. The summed E-state index contributed by atoms with van der Waals surface area (Å²) in [6.45, 7) is 1.72. The minimum Gasteiger partial charge on any atom is -0.468 e. The van der Waals surface area contributed by atoms with Gasteiger partial charge in [-0.3, -0.25) is 9.78 Å². The summed E-state index contributed by atoms with van der Waals surface area (Å²) in [6.07, 6.45) is 0. The molecule has 11 heavy (non-hydrogen) atoms. The van der Waals surface area contributed by atoms with E-state index in [1.54, 1.807) is 6.92 Å². The average molecular weight is 219 g/mol. The minimum absolute atomic E-state index is 0.227. The number of hydrogen-bond acceptors (Lipinski definition) is 3. The molecule has 0 bridgehead atoms. The SMILES string of the molecule is COc1nc(C)c(Br)c(=O)[nH]1. The maximum absolute atomic E-state index is 11.0. The van der Waals surface area contributed by atoms with Gasteiger partial charge in [-0.1, -0.05) is 0 Å². The van der Waals surface area contributed by atoms with E-state index in [4.69, 9.17) is 4.74 Å². The second-order valence-corrected chi connectivity index (χ2v) is 2.77. The van der Waals surface area contributed by atoms with Gasteiger partial charge in [-0.05, 0) is 22.9 Å². The van der Waals surface area contributed by atoms with E-state index in [9.17, 15) is 4.79 Å². The first-order chi connectivity index (χ1) is 5.15. The standard InChI is InChI=1S/C6H7BrN2O2/c1-3-4(7)5(10)9-6(8-3)11-2/h1-2H3,(H,8,9,10). The Labute approximate surface area is 71.7 Å². The van der Waals surface area contributed by atoms with Crippen molar-refractivity contribution in [3.8, 4) is 6.01 Å². The molecule has 0 aromatic carbocycles. The molecular formula is C6H7BrN2O2. The summed E-state index contributed by atoms with van der Waals surface area (Å²) >= 11 is 3.08. The fraction of sp³-hybridized carbons (Fsp3) is 0.333. The van der Waals surface area contributed by atoms with E-state index in [1.165, 1.54) is 7.11 Å². The predicted molar refractivity (Wildman–Crippen MR) is 43.8 cm³/mol. The smallest absolute Gasteiger partial charge is 0.296 e. The Kier molecular flexibility index (Phi) is 2.28. The lowest BCUT2D eigenvalue weighted by atomic mass is 10.5. The highest BCUT2D eigenvalue weighted by Crippen LogP contribution is 2.08. The largest absolute Gasteiger partial charge is 0.468 e. The number of aromatic nitrogens is 2. The second-order valence-electron chi connectivity index (χ2n) is 1.97. The summed E-state index contributed by atoms with van der Waals surface area (Å²) in [4.78, 5) is 17.4. The van der Waals surface area contributed by atoms with Crippen molar-refractivity contribution in [3.63, 3.8) is 0 Å². The minimum atomic E-state index is -0.227. The van der Waals surface area contributed by atoms with Gasteiger partial charge in [-0.2, -0.15) is 0 Å². The van der Waals surface area contributed by atoms with E-state index < -0.39 is 0 Å². The van der Waals surface area contributed by atoms with Crippen molar-refractivity contribution >= 4 is 15.9 Å². The third-order valence-corrected chi connectivity index (χ3v) is 2.13. The van der Waals surface area contributed by atoms with Gasteiger partial charge in [-0.15, -0.1) is 0 Å². The van der Waals surface area contributed by atoms with Crippen LogP contribution < -0.4 is 10.3 Å². The average Bonchev–Trinajstić information content (AvgIpc) is 1.99. The Morgan fingerprint density at radius 2 is 2.27 bits per heavy atom. The van der Waals surface area contributed by atoms with Crippen LogP contribution in [0.2, 0.25) is 0 Å². The monoisotopic (exact) mass is 218 g/mol. The Morgan fingerprint density at radius 1 is 1.64 bits per heavy atom. The van der Waals surface area contributed by atoms with Gasteiger partial charge in [0.1, 0.15) is 4.47 Å². The van der Waals surface area contributed by atoms with Gasteiger partial charge >= 0.3 is 0 Å². The van der Waals surface area contributed by atoms with E-state index >= 15 is 0 Å². The normalized spacial score (nSPS) is 9.73. The van der Waals surface area contributed by atoms with Gasteiger partial charge in [0.25, 0.3) is 11.6 Å². The van der Waals surface area contributed by atoms with Crippen LogP contribution in [0.5, 0.6) is 6.01 Å². The molecule has 1 heterocycles. The fourth-order valence-corrected chi connectivity index (χ4v) is 0.830. The third kappa shape index (κ3) is 1.59. The van der Waals surface area contributed by atoms with Crippen LogP contribution >= 0.6 is 15.9 Å². The number of aromatic amines is 1. The molecule has 0 amide bonds. The molecule has 4 nitrogen and oxygen atoms in total. The van der Waals surface area contributed by atoms with E-state index in [1.807, 2.05) is 0 Å². The first kappa shape index (κ1) is 8.26. The highest BCUT2D eigenvalue weighted by Gasteiger charge is 2.03. The molecular weight excluding hydrogens is 212 g/mol. The number of nitrogens with one attached hydrogen (secondary N) is 1. The first-order valence-corrected chi connectivity index (χ1v) is 3.75. The zero-order valence-corrected chi connectivity index (χ0v) is 7.73. The lowest BCUT2D eigenvalue weighted by molar-refractivity contribution is 0.377. The van der Waals surface area contributed by atoms with E-state index in [0.29, 0.717) is 10.2 Å². The quantitative estimate of drug-likeness (QED) is 0.761. The molecule has 1 aromatic heterocycles. The molecule has 0 saturated carbocycles. The summed E-state index contributed by atoms with van der Waals surface area (Å²) in [5.74, 6) is 0. The number of rotatable bonds is 1. The van der Waals surface area contributed by atoms with E-state index in [0.717, 1.165) is 0 Å². The molecule has 0 radical (unpaired) electrons. The highest BCUT2D eigenvalue weighted by atomic mass is 79.9. The summed E-state index contributed by atoms with van der Waals surface area (Å²) in [7, 11) is 1.45. The van der Waals surface area contributed by atoms with Gasteiger partial charge in [0.05, 0.1) is 12.8 Å². The predicted octanol–water partition coefficient (Wildman–Crippen LogP) is 0.849. The van der Waals surface area contributed by atoms with Crippen molar-refractivity contribution in [2.45, 2.75) is 6.92 Å². The lowest BCUT2D eigenvalue weighted by Gasteiger charge is -1.99. The number of hydrogen-bond donors (Lipinski definition) is 1. The molecule has 0 aliphatic rings. The zero-order chi connectivity index (χ0) is 8.43. The molecule has 5 heteroatoms. The van der Waals surface area contributed by atoms with E-state index in [2.05, 4.69) is 25.9 Å². The Balaban J connectivity index is 3.32. The second kappa shape index (κ2) is 3.04. The van der Waals surface area contributed by atoms with Crippen LogP contribution in [-0.2, 0) is 0 Å². The zero-order valence-electron chi connectivity index (χ0n) is 6.14. The number of H-pyrrole nitrogens is 1. The van der Waals surface area contributed by atoms with Crippen molar-refractivity contribution in [1.82, 2.24) is 9.97 Å². The Hall–Kier alpha value is -0.840. The Bertz CT molecular complexity index is 321. The molecule has 0 aliphatic heterocycles. The summed E-state index contributed by atoms with van der Waals surface area (Å²) < 4.78 is 5.19. The Morgan fingerprint density at radius 3 is 2.73 bits per heavy atom. The topological polar surface area (TPSA) is 55.0 Å². The molecule has 0 atom stereocenters. The maximum atomic E-state index is 11.0. The van der Waals surface area contributed by atoms with Crippen LogP contribution in [0.4, 0.5) is 0 Å². The van der Waals surface area contributed by atoms with Gasteiger partial charge in [0.15, 0.2) is 0 Å². The van der Waals surface area contributed by atoms with Gasteiger partial charge in [0.2, 0.25) is 0 Å². The van der Waals surface area contributed by atoms with Crippen LogP contribution in [0, 0.1) is 6.92 Å². The first-order valence-electron chi connectivity index (χ1n) is 2.95. The number of halogens is 1. The third-order valence-electron chi connectivity index (χ3n) is 1.20. The summed E-state index contributed by atoms with van der Waals surface area (Å²) in [5.41, 5.74) is 0.389. The molecule has 0 aliphatic carbocycles. The number of nitrogens with zero attached hydrogens (tertiary/aromatic N) is 1. The van der Waals surface area contributed by atoms with Crippen LogP contribution in [0.1, 0.15) is 5.69 Å². The number of methoxy groups -OCH3 is 1. The summed E-state index contributed by atoms with van der Waals surface area (Å²) in [6, 6.07) is 0.232. The van der Waals surface area contributed by atoms with Crippen LogP contribution in [0.25, 0.3) is 0 Å². The fourth-order valence-electron chi connectivity index (χ4n) is 0.642. The molecule has 0 spiro atoms. The van der Waals surface area contributed by atoms with Crippen LogP contribution in [0.15, 0.2) is 9.27 Å². The molecule has 1 rings (SSSR count). The van der Waals surface area contributed by atoms with Crippen molar-refractivity contribution in [3.05, 3.63) is 20.5 Å². The molecule has 0 saturated heterocycles.